The van der Waals surface area contributed by atoms with E-state index in [-0.39, 0.29) is 6.54 Å². The van der Waals surface area contributed by atoms with Crippen LogP contribution in [0.1, 0.15) is 19.8 Å². The molecule has 0 aromatic carbocycles. The smallest absolute Gasteiger partial charge is 0.357 e. The molecule has 2 atom stereocenters. The van der Waals surface area contributed by atoms with Gasteiger partial charge in [-0.25, -0.2) is 4.79 Å². The molecule has 1 aliphatic rings. The van der Waals surface area contributed by atoms with Crippen LogP contribution in [0, 0.1) is 4.91 Å². The fourth-order valence-electron chi connectivity index (χ4n) is 1.98. The third kappa shape index (κ3) is 4.23. The van der Waals surface area contributed by atoms with Crippen molar-refractivity contribution in [2.45, 2.75) is 31.8 Å². The van der Waals surface area contributed by atoms with Crippen LogP contribution in [0.15, 0.2) is 17.4 Å². The van der Waals surface area contributed by atoms with Crippen LogP contribution >= 0.6 is 0 Å². The van der Waals surface area contributed by atoms with Crippen molar-refractivity contribution < 1.29 is 22.3 Å². The van der Waals surface area contributed by atoms with Gasteiger partial charge >= 0.3 is 16.3 Å². The highest BCUT2D eigenvalue weighted by molar-refractivity contribution is 7.85. The topological polar surface area (TPSA) is 125 Å². The van der Waals surface area contributed by atoms with Crippen LogP contribution in [-0.2, 0) is 19.4 Å². The Kier molecular flexibility index (Phi) is 5.79. The highest BCUT2D eigenvalue weighted by Crippen LogP contribution is 2.22. The number of carbonyl (C=O) groups excluding carboxylic acids is 2. The van der Waals surface area contributed by atoms with E-state index >= 15 is 0 Å². The first-order valence-corrected chi connectivity index (χ1v) is 7.43. The summed E-state index contributed by atoms with van der Waals surface area (Å²) in [6, 6.07) is -1.80. The summed E-state index contributed by atoms with van der Waals surface area (Å²) >= 11 is 0. The first-order chi connectivity index (χ1) is 9.86. The molecule has 11 heteroatoms. The zero-order valence-electron chi connectivity index (χ0n) is 11.3. The van der Waals surface area contributed by atoms with Gasteiger partial charge in [-0.1, -0.05) is 6.58 Å². The standard InChI is InChI=1S/C10H16N4O6S/c1-3-13-9(6-11-7-15)5-4-8(2)14(10(13)16)20-21(18,19)12-17/h3,7-9H,1,4-6H2,2H3,(H,11,15)/t8-,9-/m0/s1. The summed E-state index contributed by atoms with van der Waals surface area (Å²) in [6.07, 6.45) is 2.58. The number of carbonyl (C=O) groups is 2. The zero-order valence-corrected chi connectivity index (χ0v) is 12.2. The first-order valence-electron chi connectivity index (χ1n) is 6.06. The number of urea groups is 1. The molecule has 0 aromatic heterocycles. The van der Waals surface area contributed by atoms with E-state index in [0.717, 1.165) is 4.90 Å². The Morgan fingerprint density at radius 2 is 2.19 bits per heavy atom. The van der Waals surface area contributed by atoms with E-state index in [1.165, 1.54) is 6.20 Å². The lowest BCUT2D eigenvalue weighted by Gasteiger charge is -2.29. The maximum Gasteiger partial charge on any atom is 0.436 e. The van der Waals surface area contributed by atoms with Crippen LogP contribution in [0.5, 0.6) is 0 Å². The summed E-state index contributed by atoms with van der Waals surface area (Å²) in [5.74, 6) is 0. The second-order valence-corrected chi connectivity index (χ2v) is 5.53. The first kappa shape index (κ1) is 17.0. The van der Waals surface area contributed by atoms with Crippen LogP contribution in [0.3, 0.4) is 0 Å². The molecule has 1 rings (SSSR count). The van der Waals surface area contributed by atoms with Crippen molar-refractivity contribution in [2.24, 2.45) is 4.58 Å². The predicted octanol–water partition coefficient (Wildman–Crippen LogP) is 0.0936. The quantitative estimate of drug-likeness (QED) is 0.523. The zero-order chi connectivity index (χ0) is 16.0. The van der Waals surface area contributed by atoms with E-state index < -0.39 is 28.4 Å². The van der Waals surface area contributed by atoms with Crippen molar-refractivity contribution in [1.82, 2.24) is 15.3 Å². The van der Waals surface area contributed by atoms with Gasteiger partial charge < -0.3 is 5.32 Å². The van der Waals surface area contributed by atoms with E-state index in [0.29, 0.717) is 24.3 Å². The van der Waals surface area contributed by atoms with Gasteiger partial charge in [-0.3, -0.25) is 9.69 Å². The molecule has 0 saturated carbocycles. The number of hydrogen-bond donors (Lipinski definition) is 1. The van der Waals surface area contributed by atoms with E-state index in [1.807, 2.05) is 4.58 Å². The molecular formula is C10H16N4O6S. The van der Waals surface area contributed by atoms with Crippen molar-refractivity contribution in [3.05, 3.63) is 17.7 Å². The average Bonchev–Trinajstić information content (AvgIpc) is 2.56. The van der Waals surface area contributed by atoms with Gasteiger partial charge in [-0.15, -0.1) is 9.19 Å². The summed E-state index contributed by atoms with van der Waals surface area (Å²) in [5, 5.41) is 3.02. The Morgan fingerprint density at radius 1 is 1.52 bits per heavy atom. The Hall–Kier alpha value is -2.01. The fourth-order valence-corrected chi connectivity index (χ4v) is 2.42. The molecule has 0 bridgehead atoms. The van der Waals surface area contributed by atoms with Crippen molar-refractivity contribution in [3.63, 3.8) is 0 Å². The number of hydrogen-bond acceptors (Lipinski definition) is 6. The molecule has 1 heterocycles. The van der Waals surface area contributed by atoms with Crippen LogP contribution in [-0.4, -0.2) is 49.5 Å². The van der Waals surface area contributed by atoms with Gasteiger partial charge in [0.2, 0.25) is 6.41 Å². The Bertz CT molecular complexity index is 522. The van der Waals surface area contributed by atoms with E-state index in [2.05, 4.69) is 16.2 Å². The normalized spacial score (nSPS) is 23.4. The minimum Gasteiger partial charge on any atom is -0.357 e. The van der Waals surface area contributed by atoms with Crippen molar-refractivity contribution >= 4 is 22.7 Å². The van der Waals surface area contributed by atoms with E-state index in [1.54, 1.807) is 6.92 Å². The van der Waals surface area contributed by atoms with Crippen LogP contribution < -0.4 is 5.32 Å². The third-order valence-corrected chi connectivity index (χ3v) is 3.55. The van der Waals surface area contributed by atoms with Crippen LogP contribution in [0.4, 0.5) is 4.79 Å². The van der Waals surface area contributed by atoms with Crippen molar-refractivity contribution in [1.29, 1.82) is 0 Å². The summed E-state index contributed by atoms with van der Waals surface area (Å²) < 4.78 is 28.5. The number of nitroso groups, excluding NO2 is 1. The molecule has 1 aliphatic heterocycles. The highest BCUT2D eigenvalue weighted by Gasteiger charge is 2.37. The summed E-state index contributed by atoms with van der Waals surface area (Å²) in [4.78, 5) is 34.0. The highest BCUT2D eigenvalue weighted by atomic mass is 32.2. The van der Waals surface area contributed by atoms with Crippen LogP contribution in [0.2, 0.25) is 0 Å². The molecule has 1 N–H and O–H groups in total. The maximum absolute atomic E-state index is 12.3. The van der Waals surface area contributed by atoms with Gasteiger partial charge in [0.15, 0.2) is 0 Å². The largest absolute Gasteiger partial charge is 0.436 e. The second-order valence-electron chi connectivity index (χ2n) is 4.38. The van der Waals surface area contributed by atoms with Gasteiger partial charge in [0.05, 0.1) is 16.7 Å². The molecule has 10 nitrogen and oxygen atoms in total. The van der Waals surface area contributed by atoms with Gasteiger partial charge in [0.1, 0.15) is 0 Å². The molecule has 3 amide bonds. The molecule has 1 fully saturated rings. The third-order valence-electron chi connectivity index (χ3n) is 3.02. The van der Waals surface area contributed by atoms with E-state index in [4.69, 9.17) is 0 Å². The Balaban J connectivity index is 3.01. The minimum atomic E-state index is -4.73. The minimum absolute atomic E-state index is 0.181. The molecule has 0 aliphatic carbocycles. The van der Waals surface area contributed by atoms with Gasteiger partial charge in [-0.2, -0.15) is 13.5 Å². The Labute approximate surface area is 121 Å². The summed E-state index contributed by atoms with van der Waals surface area (Å²) in [5.41, 5.74) is 0. The summed E-state index contributed by atoms with van der Waals surface area (Å²) in [6.45, 7) is 5.23. The summed E-state index contributed by atoms with van der Waals surface area (Å²) in [7, 11) is -4.73. The lowest BCUT2D eigenvalue weighted by Crippen LogP contribution is -2.48. The SMILES string of the molecule is C=CN1C(=O)N(OS(=O)(=O)N=O)[C@@H](C)CC[C@H]1CNC=O. The van der Waals surface area contributed by atoms with Crippen molar-refractivity contribution in [2.75, 3.05) is 6.54 Å². The lowest BCUT2D eigenvalue weighted by atomic mass is 10.1. The maximum atomic E-state index is 12.3. The molecule has 1 saturated heterocycles. The van der Waals surface area contributed by atoms with Crippen molar-refractivity contribution in [3.8, 4) is 0 Å². The fraction of sp³-hybridized carbons (Fsp3) is 0.600. The number of nitrogens with one attached hydrogen (secondary N) is 1. The molecule has 21 heavy (non-hydrogen) atoms. The number of rotatable bonds is 7. The molecule has 0 aromatic rings. The average molecular weight is 320 g/mol. The molecular weight excluding hydrogens is 304 g/mol. The van der Waals surface area contributed by atoms with Gasteiger partial charge in [-0.05, 0) is 19.8 Å². The lowest BCUT2D eigenvalue weighted by molar-refractivity contribution is -0.109. The van der Waals surface area contributed by atoms with Crippen LogP contribution in [0.25, 0.3) is 0 Å². The van der Waals surface area contributed by atoms with Gasteiger partial charge in [0, 0.05) is 12.7 Å². The number of nitrogens with zero attached hydrogens (tertiary/aromatic N) is 3. The Morgan fingerprint density at radius 3 is 2.71 bits per heavy atom. The molecule has 0 unspecified atom stereocenters. The van der Waals surface area contributed by atoms with Gasteiger partial charge in [0.25, 0.3) is 0 Å². The van der Waals surface area contributed by atoms with E-state index in [9.17, 15) is 22.9 Å². The number of hydroxylamine groups is 2. The molecule has 118 valence electrons. The number of amides is 3. The molecule has 0 spiro atoms. The predicted molar refractivity (Wildman–Crippen MR) is 71.6 cm³/mol. The second kappa shape index (κ2) is 7.13. The monoisotopic (exact) mass is 320 g/mol. The molecule has 0 radical (unpaired) electrons.